The van der Waals surface area contributed by atoms with Gasteiger partial charge in [0.05, 0.1) is 5.70 Å². The summed E-state index contributed by atoms with van der Waals surface area (Å²) in [4.78, 5) is 18.5. The van der Waals surface area contributed by atoms with Crippen LogP contribution in [0.3, 0.4) is 0 Å². The quantitative estimate of drug-likeness (QED) is 0.263. The lowest BCUT2D eigenvalue weighted by Crippen LogP contribution is -2.42. The van der Waals surface area contributed by atoms with E-state index in [0.29, 0.717) is 10.7 Å². The highest BCUT2D eigenvalue weighted by Gasteiger charge is 2.18. The van der Waals surface area contributed by atoms with Crippen molar-refractivity contribution in [2.24, 2.45) is 10.8 Å². The molecule has 0 radical (unpaired) electrons. The first-order chi connectivity index (χ1) is 14.0. The number of hydrogen-bond acceptors (Lipinski definition) is 5. The lowest BCUT2D eigenvalue weighted by molar-refractivity contribution is 0.245. The van der Waals surface area contributed by atoms with Gasteiger partial charge in [-0.25, -0.2) is 15.6 Å². The van der Waals surface area contributed by atoms with Crippen LogP contribution in [0.15, 0.2) is 58.9 Å². The van der Waals surface area contributed by atoms with Gasteiger partial charge in [0.15, 0.2) is 5.17 Å². The number of aliphatic imine (C=N–C) groups is 1. The maximum atomic E-state index is 11.7. The van der Waals surface area contributed by atoms with Gasteiger partial charge in [0.1, 0.15) is 5.75 Å². The molecular weight excluding hydrogens is 386 g/mol. The van der Waals surface area contributed by atoms with Crippen LogP contribution in [0, 0.1) is 0 Å². The van der Waals surface area contributed by atoms with Crippen molar-refractivity contribution in [3.8, 4) is 5.75 Å². The number of hydrogen-bond donors (Lipinski definition) is 4. The number of nitrogens with two attached hydrogens (primary N) is 1. The van der Waals surface area contributed by atoms with Crippen LogP contribution in [0.2, 0.25) is 0 Å². The highest BCUT2D eigenvalue weighted by molar-refractivity contribution is 8.30. The van der Waals surface area contributed by atoms with Gasteiger partial charge in [-0.15, -0.1) is 0 Å². The summed E-state index contributed by atoms with van der Waals surface area (Å²) < 4.78 is 0. The number of amidine groups is 1. The Bertz CT molecular complexity index is 982. The molecule has 0 spiro atoms. The number of anilines is 1. The molecular formula is C21H25N5O2S. The molecule has 2 amide bonds. The van der Waals surface area contributed by atoms with E-state index in [1.165, 1.54) is 0 Å². The number of carbonyl (C=O) groups is 1. The molecule has 1 aliphatic heterocycles. The topological polar surface area (TPSA) is 103 Å². The van der Waals surface area contributed by atoms with Crippen LogP contribution in [0.25, 0.3) is 5.70 Å². The number of phenols is 1. The van der Waals surface area contributed by atoms with Gasteiger partial charge in [-0.3, -0.25) is 10.7 Å². The van der Waals surface area contributed by atoms with Crippen molar-refractivity contribution in [3.63, 3.8) is 0 Å². The molecule has 1 unspecified atom stereocenters. The maximum Gasteiger partial charge on any atom is 0.334 e. The largest absolute Gasteiger partial charge is 0.507 e. The van der Waals surface area contributed by atoms with Crippen LogP contribution in [0.4, 0.5) is 10.5 Å². The number of hydrazine groups is 1. The number of amides is 2. The van der Waals surface area contributed by atoms with Crippen molar-refractivity contribution in [1.29, 1.82) is 0 Å². The number of phenolic OH excluding ortho intramolecular Hbond substituents is 1. The van der Waals surface area contributed by atoms with Crippen molar-refractivity contribution < 1.29 is 9.90 Å². The van der Waals surface area contributed by atoms with Gasteiger partial charge in [-0.1, -0.05) is 40.8 Å². The zero-order chi connectivity index (χ0) is 20.8. The summed E-state index contributed by atoms with van der Waals surface area (Å²) in [5, 5.41) is 17.6. The van der Waals surface area contributed by atoms with Crippen LogP contribution in [-0.4, -0.2) is 34.8 Å². The smallest absolute Gasteiger partial charge is 0.334 e. The first-order valence-electron chi connectivity index (χ1n) is 9.34. The second-order valence-corrected chi connectivity index (χ2v) is 7.89. The first-order valence-corrected chi connectivity index (χ1v) is 10.7. The Morgan fingerprint density at radius 3 is 2.55 bits per heavy atom. The highest BCUT2D eigenvalue weighted by atomic mass is 32.2. The van der Waals surface area contributed by atoms with Crippen molar-refractivity contribution in [2.45, 2.75) is 13.8 Å². The standard InChI is InChI=1S/C21H25N5O2S/c1-3-26(4-2)17-11-10-16(19(27)12-17)13-29-14-18(15-8-6-5-7-9-15)23-21(29)24-20(28)25-22/h5-14,27H,3-4,22H2,1-2H3,(H2,23,24,25,28). The summed E-state index contributed by atoms with van der Waals surface area (Å²) in [5.74, 6) is 5.39. The Morgan fingerprint density at radius 1 is 1.21 bits per heavy atom. The van der Waals surface area contributed by atoms with Crippen LogP contribution < -0.4 is 21.5 Å². The molecule has 0 saturated heterocycles. The molecule has 2 aromatic rings. The molecule has 0 bridgehead atoms. The van der Waals surface area contributed by atoms with Gasteiger partial charge in [-0.05, 0) is 36.8 Å². The third-order valence-electron chi connectivity index (χ3n) is 4.50. The number of benzene rings is 2. The third kappa shape index (κ3) is 4.85. The molecule has 1 atom stereocenters. The minimum Gasteiger partial charge on any atom is -0.507 e. The molecule has 1 heterocycles. The number of nitrogens with one attached hydrogen (secondary N) is 2. The lowest BCUT2D eigenvalue weighted by atomic mass is 10.2. The average molecular weight is 412 g/mol. The number of urea groups is 1. The second-order valence-electron chi connectivity index (χ2n) is 6.29. The molecule has 8 heteroatoms. The number of aromatic hydroxyl groups is 1. The number of nitrogens with zero attached hydrogens (tertiary/aromatic N) is 2. The zero-order valence-corrected chi connectivity index (χ0v) is 17.2. The normalized spacial score (nSPS) is 15.6. The fourth-order valence-electron chi connectivity index (χ4n) is 2.97. The van der Waals surface area contributed by atoms with E-state index >= 15 is 0 Å². The summed E-state index contributed by atoms with van der Waals surface area (Å²) in [6.45, 7) is 5.88. The maximum absolute atomic E-state index is 11.7. The van der Waals surface area contributed by atoms with Crippen LogP contribution in [0.5, 0.6) is 5.75 Å². The predicted molar refractivity (Wildman–Crippen MR) is 122 cm³/mol. The van der Waals surface area contributed by atoms with E-state index in [-0.39, 0.29) is 5.75 Å². The highest BCUT2D eigenvalue weighted by Crippen LogP contribution is 2.34. The predicted octanol–water partition coefficient (Wildman–Crippen LogP) is 3.20. The van der Waals surface area contributed by atoms with E-state index in [9.17, 15) is 9.90 Å². The monoisotopic (exact) mass is 411 g/mol. The van der Waals surface area contributed by atoms with Crippen LogP contribution in [-0.2, 0) is 0 Å². The van der Waals surface area contributed by atoms with E-state index in [4.69, 9.17) is 5.84 Å². The van der Waals surface area contributed by atoms with Gasteiger partial charge in [0, 0.05) is 36.0 Å². The first kappa shape index (κ1) is 20.6. The van der Waals surface area contributed by atoms with E-state index in [1.807, 2.05) is 53.2 Å². The second kappa shape index (κ2) is 9.40. The summed E-state index contributed by atoms with van der Waals surface area (Å²) in [6.07, 6.45) is 0. The summed E-state index contributed by atoms with van der Waals surface area (Å²) in [7, 11) is -0.638. The fraction of sp³-hybridized carbons (Fsp3) is 0.190. The summed E-state index contributed by atoms with van der Waals surface area (Å²) >= 11 is 0. The Kier molecular flexibility index (Phi) is 6.69. The number of carbonyl (C=O) groups excluding carboxylic acids is 1. The van der Waals surface area contributed by atoms with E-state index < -0.39 is 16.5 Å². The van der Waals surface area contributed by atoms with Gasteiger partial charge in [0.25, 0.3) is 0 Å². The SMILES string of the molecule is CCN(CC)c1ccc(/C=S2\C=C(c3ccccc3)N=C2NC(=O)NN)c(O)c1. The molecule has 0 fully saturated rings. The van der Waals surface area contributed by atoms with Crippen LogP contribution >= 0.6 is 10.5 Å². The van der Waals surface area contributed by atoms with Crippen molar-refractivity contribution in [2.75, 3.05) is 18.0 Å². The Labute approximate surface area is 172 Å². The molecule has 0 aromatic heterocycles. The minimum atomic E-state index is -0.638. The van der Waals surface area contributed by atoms with E-state index in [0.717, 1.165) is 30.0 Å². The average Bonchev–Trinajstić information content (AvgIpc) is 3.13. The molecule has 1 aliphatic rings. The molecule has 152 valence electrons. The Morgan fingerprint density at radius 2 is 1.93 bits per heavy atom. The summed E-state index contributed by atoms with van der Waals surface area (Å²) in [5.41, 5.74) is 5.41. The summed E-state index contributed by atoms with van der Waals surface area (Å²) in [6, 6.07) is 14.8. The van der Waals surface area contributed by atoms with Crippen molar-refractivity contribution in [1.82, 2.24) is 10.7 Å². The van der Waals surface area contributed by atoms with E-state index in [2.05, 4.69) is 34.5 Å². The Balaban J connectivity index is 1.97. The van der Waals surface area contributed by atoms with E-state index in [1.54, 1.807) is 6.07 Å². The van der Waals surface area contributed by atoms with Crippen LogP contribution in [0.1, 0.15) is 25.0 Å². The fourth-order valence-corrected chi connectivity index (χ4v) is 4.58. The van der Waals surface area contributed by atoms with Crippen molar-refractivity contribution in [3.05, 3.63) is 65.1 Å². The minimum absolute atomic E-state index is 0.186. The number of rotatable bonds is 5. The molecule has 7 nitrogen and oxygen atoms in total. The zero-order valence-electron chi connectivity index (χ0n) is 16.4. The van der Waals surface area contributed by atoms with Gasteiger partial charge >= 0.3 is 6.03 Å². The molecule has 0 aliphatic carbocycles. The Hall–Kier alpha value is -3.10. The van der Waals surface area contributed by atoms with Gasteiger partial charge in [0.2, 0.25) is 0 Å². The lowest BCUT2D eigenvalue weighted by Gasteiger charge is -2.21. The van der Waals surface area contributed by atoms with Gasteiger partial charge in [-0.2, -0.15) is 0 Å². The molecule has 3 rings (SSSR count). The van der Waals surface area contributed by atoms with Gasteiger partial charge < -0.3 is 10.0 Å². The molecule has 0 saturated carbocycles. The third-order valence-corrected chi connectivity index (χ3v) is 6.13. The molecule has 2 aromatic carbocycles. The molecule has 5 N–H and O–H groups in total. The molecule has 29 heavy (non-hydrogen) atoms. The van der Waals surface area contributed by atoms with Crippen molar-refractivity contribution >= 4 is 38.4 Å².